The van der Waals surface area contributed by atoms with E-state index in [9.17, 15) is 4.39 Å². The molecule has 0 saturated carbocycles. The second-order valence-corrected chi connectivity index (χ2v) is 6.40. The minimum atomic E-state index is -0.333. The number of hydrogen-bond donors (Lipinski definition) is 1. The van der Waals surface area contributed by atoms with Crippen LogP contribution < -0.4 is 10.1 Å². The first kappa shape index (κ1) is 16.4. The third kappa shape index (κ3) is 3.78. The van der Waals surface area contributed by atoms with E-state index < -0.39 is 0 Å². The van der Waals surface area contributed by atoms with Crippen LogP contribution in [0.25, 0.3) is 10.9 Å². The van der Waals surface area contributed by atoms with Crippen molar-refractivity contribution in [1.29, 1.82) is 0 Å². The van der Waals surface area contributed by atoms with Gasteiger partial charge in [-0.15, -0.1) is 0 Å². The molecule has 1 N–H and O–H groups in total. The number of thiazole rings is 1. The molecule has 0 spiro atoms. The van der Waals surface area contributed by atoms with Gasteiger partial charge in [-0.2, -0.15) is 0 Å². The highest BCUT2D eigenvalue weighted by atomic mass is 32.1. The lowest BCUT2D eigenvalue weighted by molar-refractivity contribution is 0.472. The molecule has 26 heavy (non-hydrogen) atoms. The summed E-state index contributed by atoms with van der Waals surface area (Å²) >= 11 is 1.39. The zero-order chi connectivity index (χ0) is 17.8. The van der Waals surface area contributed by atoms with Gasteiger partial charge >= 0.3 is 0 Å². The van der Waals surface area contributed by atoms with Gasteiger partial charge in [-0.25, -0.2) is 19.3 Å². The first-order chi connectivity index (χ1) is 12.8. The molecule has 0 aliphatic rings. The van der Waals surface area contributed by atoms with E-state index in [1.807, 2.05) is 29.6 Å². The predicted octanol–water partition coefficient (Wildman–Crippen LogP) is 4.67. The van der Waals surface area contributed by atoms with Crippen LogP contribution in [0.5, 0.6) is 10.9 Å². The fourth-order valence-corrected chi connectivity index (χ4v) is 3.26. The van der Waals surface area contributed by atoms with Gasteiger partial charge in [0.25, 0.3) is 5.19 Å². The van der Waals surface area contributed by atoms with Crippen molar-refractivity contribution in [2.75, 3.05) is 11.9 Å². The quantitative estimate of drug-likeness (QED) is 0.537. The Balaban J connectivity index is 1.37. The van der Waals surface area contributed by atoms with Gasteiger partial charge in [-0.05, 0) is 24.3 Å². The van der Waals surface area contributed by atoms with E-state index in [4.69, 9.17) is 4.74 Å². The Kier molecular flexibility index (Phi) is 4.70. The summed E-state index contributed by atoms with van der Waals surface area (Å²) in [6.45, 7) is 0.685. The van der Waals surface area contributed by atoms with E-state index in [1.54, 1.807) is 18.5 Å². The van der Waals surface area contributed by atoms with Crippen molar-refractivity contribution in [3.63, 3.8) is 0 Å². The smallest absolute Gasteiger partial charge is 0.278 e. The maximum atomic E-state index is 13.2. The minimum absolute atomic E-state index is 0.333. The average Bonchev–Trinajstić information content (AvgIpc) is 3.09. The molecule has 4 aromatic rings. The lowest BCUT2D eigenvalue weighted by Gasteiger charge is -2.07. The van der Waals surface area contributed by atoms with Crippen LogP contribution in [-0.4, -0.2) is 21.5 Å². The summed E-state index contributed by atoms with van der Waals surface area (Å²) < 4.78 is 18.8. The van der Waals surface area contributed by atoms with Crippen LogP contribution in [0.4, 0.5) is 10.2 Å². The molecule has 0 radical (unpaired) electrons. The summed E-state index contributed by atoms with van der Waals surface area (Å²) in [4.78, 5) is 13.0. The molecule has 0 saturated heterocycles. The van der Waals surface area contributed by atoms with Crippen molar-refractivity contribution in [3.8, 4) is 10.9 Å². The number of halogens is 1. The molecule has 2 aromatic carbocycles. The third-order valence-electron chi connectivity index (χ3n) is 3.75. The van der Waals surface area contributed by atoms with Crippen LogP contribution in [0.2, 0.25) is 0 Å². The number of para-hydroxylation sites is 1. The average molecular weight is 366 g/mol. The zero-order valence-electron chi connectivity index (χ0n) is 13.7. The summed E-state index contributed by atoms with van der Waals surface area (Å²) in [5.41, 5.74) is 1.82. The Morgan fingerprint density at radius 2 is 2.00 bits per heavy atom. The van der Waals surface area contributed by atoms with Crippen molar-refractivity contribution in [2.45, 2.75) is 6.42 Å². The van der Waals surface area contributed by atoms with Crippen molar-refractivity contribution < 1.29 is 9.13 Å². The monoisotopic (exact) mass is 366 g/mol. The molecular formula is C19H15FN4OS. The van der Waals surface area contributed by atoms with Crippen LogP contribution in [0.3, 0.4) is 0 Å². The van der Waals surface area contributed by atoms with Crippen molar-refractivity contribution >= 4 is 28.1 Å². The number of benzene rings is 2. The molecule has 0 aliphatic carbocycles. The zero-order valence-corrected chi connectivity index (χ0v) is 14.5. The molecule has 130 valence electrons. The molecule has 5 nitrogen and oxygen atoms in total. The number of nitrogens with zero attached hydrogens (tertiary/aromatic N) is 3. The van der Waals surface area contributed by atoms with Crippen molar-refractivity contribution in [1.82, 2.24) is 15.0 Å². The van der Waals surface area contributed by atoms with Crippen LogP contribution >= 0.6 is 11.3 Å². The van der Waals surface area contributed by atoms with Crippen molar-refractivity contribution in [2.24, 2.45) is 0 Å². The second kappa shape index (κ2) is 7.45. The predicted molar refractivity (Wildman–Crippen MR) is 100 cm³/mol. The molecule has 4 rings (SSSR count). The summed E-state index contributed by atoms with van der Waals surface area (Å²) in [6.07, 6.45) is 2.28. The Morgan fingerprint density at radius 1 is 1.08 bits per heavy atom. The second-order valence-electron chi connectivity index (χ2n) is 5.58. The van der Waals surface area contributed by atoms with E-state index in [1.165, 1.54) is 23.5 Å². The largest absolute Gasteiger partial charge is 0.431 e. The first-order valence-electron chi connectivity index (χ1n) is 8.09. The molecule has 2 aromatic heterocycles. The SMILES string of the molecule is Fc1cccc(Oc2nc(CCNc3ncnc4ccccc34)cs2)c1. The fraction of sp³-hybridized carbons (Fsp3) is 0.105. The highest BCUT2D eigenvalue weighted by molar-refractivity contribution is 7.11. The van der Waals surface area contributed by atoms with Gasteiger partial charge in [0.1, 0.15) is 23.7 Å². The number of nitrogens with one attached hydrogen (secondary N) is 1. The Morgan fingerprint density at radius 3 is 2.92 bits per heavy atom. The van der Waals surface area contributed by atoms with E-state index in [-0.39, 0.29) is 5.82 Å². The number of hydrogen-bond acceptors (Lipinski definition) is 6. The van der Waals surface area contributed by atoms with Gasteiger partial charge in [-0.3, -0.25) is 0 Å². The Labute approximate surface area is 153 Å². The molecular weight excluding hydrogens is 351 g/mol. The lowest BCUT2D eigenvalue weighted by atomic mass is 10.2. The first-order valence-corrected chi connectivity index (χ1v) is 8.97. The maximum Gasteiger partial charge on any atom is 0.278 e. The lowest BCUT2D eigenvalue weighted by Crippen LogP contribution is -2.07. The summed E-state index contributed by atoms with van der Waals surface area (Å²) in [7, 11) is 0. The van der Waals surface area contributed by atoms with E-state index in [0.29, 0.717) is 17.5 Å². The Hall–Kier alpha value is -3.06. The third-order valence-corrected chi connectivity index (χ3v) is 4.51. The van der Waals surface area contributed by atoms with Crippen molar-refractivity contribution in [3.05, 3.63) is 71.7 Å². The molecule has 0 bridgehead atoms. The summed E-state index contributed by atoms with van der Waals surface area (Å²) in [5.74, 6) is 0.916. The van der Waals surface area contributed by atoms with Gasteiger partial charge in [-0.1, -0.05) is 29.5 Å². The molecule has 7 heteroatoms. The summed E-state index contributed by atoms with van der Waals surface area (Å²) in [5, 5.41) is 6.75. The van der Waals surface area contributed by atoms with E-state index in [2.05, 4.69) is 20.3 Å². The molecule has 0 unspecified atom stereocenters. The van der Waals surface area contributed by atoms with Crippen LogP contribution in [0, 0.1) is 5.82 Å². The number of fused-ring (bicyclic) bond motifs is 1. The highest BCUT2D eigenvalue weighted by Gasteiger charge is 2.06. The molecule has 0 atom stereocenters. The van der Waals surface area contributed by atoms with Gasteiger partial charge in [0.05, 0.1) is 11.2 Å². The molecule has 0 amide bonds. The fourth-order valence-electron chi connectivity index (χ4n) is 2.54. The number of aromatic nitrogens is 3. The minimum Gasteiger partial charge on any atom is -0.431 e. The van der Waals surface area contributed by atoms with Crippen LogP contribution in [0.15, 0.2) is 60.2 Å². The van der Waals surface area contributed by atoms with Gasteiger partial charge in [0.2, 0.25) is 0 Å². The van der Waals surface area contributed by atoms with Crippen LogP contribution in [0.1, 0.15) is 5.69 Å². The standard InChI is InChI=1S/C19H15FN4OS/c20-13-4-3-5-15(10-13)25-19-24-14(11-26-19)8-9-21-18-16-6-1-2-7-17(16)22-12-23-18/h1-7,10-12H,8-9H2,(H,21,22,23). The van der Waals surface area contributed by atoms with Gasteiger partial charge in [0.15, 0.2) is 0 Å². The Bertz CT molecular complexity index is 1030. The molecule has 0 fully saturated rings. The van der Waals surface area contributed by atoms with Gasteiger partial charge < -0.3 is 10.1 Å². The number of anilines is 1. The van der Waals surface area contributed by atoms with Gasteiger partial charge in [0, 0.05) is 29.8 Å². The maximum absolute atomic E-state index is 13.2. The molecule has 2 heterocycles. The molecule has 0 aliphatic heterocycles. The highest BCUT2D eigenvalue weighted by Crippen LogP contribution is 2.26. The number of ether oxygens (including phenoxy) is 1. The van der Waals surface area contributed by atoms with Crippen LogP contribution in [-0.2, 0) is 6.42 Å². The number of rotatable bonds is 6. The normalized spacial score (nSPS) is 10.8. The van der Waals surface area contributed by atoms with E-state index >= 15 is 0 Å². The van der Waals surface area contributed by atoms with E-state index in [0.717, 1.165) is 28.8 Å². The summed E-state index contributed by atoms with van der Waals surface area (Å²) in [6, 6.07) is 13.9. The topological polar surface area (TPSA) is 59.9 Å².